The first-order valence-electron chi connectivity index (χ1n) is 10.4. The molecule has 0 spiro atoms. The number of nitrogens with one attached hydrogen (secondary N) is 1. The van der Waals surface area contributed by atoms with Crippen LogP contribution in [0.1, 0.15) is 38.3 Å². The van der Waals surface area contributed by atoms with E-state index >= 15 is 0 Å². The molecule has 0 radical (unpaired) electrons. The summed E-state index contributed by atoms with van der Waals surface area (Å²) in [4.78, 5) is 16.8. The highest BCUT2D eigenvalue weighted by Crippen LogP contribution is 2.21. The van der Waals surface area contributed by atoms with Crippen LogP contribution in [-0.4, -0.2) is 49.7 Å². The fourth-order valence-electron chi connectivity index (χ4n) is 3.43. The van der Waals surface area contributed by atoms with Gasteiger partial charge in [-0.1, -0.05) is 63.2 Å². The van der Waals surface area contributed by atoms with Crippen molar-refractivity contribution in [2.45, 2.75) is 32.6 Å². The van der Waals surface area contributed by atoms with Gasteiger partial charge in [0.2, 0.25) is 5.91 Å². The van der Waals surface area contributed by atoms with E-state index in [1.165, 1.54) is 11.3 Å². The average molecular weight is 393 g/mol. The lowest BCUT2D eigenvalue weighted by molar-refractivity contribution is -0.121. The molecule has 1 N–H and O–H groups in total. The highest BCUT2D eigenvalue weighted by molar-refractivity contribution is 5.82. The normalized spacial score (nSPS) is 15.6. The van der Waals surface area contributed by atoms with Crippen LogP contribution in [0.5, 0.6) is 0 Å². The molecule has 0 bridgehead atoms. The number of benzene rings is 2. The van der Waals surface area contributed by atoms with Gasteiger partial charge in [0.1, 0.15) is 0 Å². The zero-order valence-electron chi connectivity index (χ0n) is 17.8. The number of anilines is 1. The second kappa shape index (κ2) is 9.70. The Kier molecular flexibility index (Phi) is 7.04. The molecule has 0 unspecified atom stereocenters. The van der Waals surface area contributed by atoms with Crippen molar-refractivity contribution in [2.75, 3.05) is 37.6 Å². The Bertz CT molecular complexity index is 801. The van der Waals surface area contributed by atoms with E-state index in [0.717, 1.165) is 38.3 Å². The molecule has 2 aromatic carbocycles. The number of carbonyl (C=O) groups excluding carboxylic acids is 1. The van der Waals surface area contributed by atoms with E-state index in [9.17, 15) is 4.79 Å². The van der Waals surface area contributed by atoms with E-state index < -0.39 is 0 Å². The third-order valence-electron chi connectivity index (χ3n) is 5.33. The van der Waals surface area contributed by atoms with Gasteiger partial charge in [0.15, 0.2) is 0 Å². The molecule has 1 aliphatic heterocycles. The van der Waals surface area contributed by atoms with Gasteiger partial charge in [0, 0.05) is 44.8 Å². The van der Waals surface area contributed by atoms with E-state index in [2.05, 4.69) is 77.5 Å². The predicted molar refractivity (Wildman–Crippen MR) is 121 cm³/mol. The summed E-state index contributed by atoms with van der Waals surface area (Å²) in [6.45, 7) is 11.3. The number of hydrogen-bond acceptors (Lipinski definition) is 4. The number of nitrogens with zero attached hydrogens (tertiary/aromatic N) is 3. The first kappa shape index (κ1) is 21.1. The molecule has 2 aromatic rings. The highest BCUT2D eigenvalue weighted by atomic mass is 16.2. The van der Waals surface area contributed by atoms with Crippen LogP contribution in [0.2, 0.25) is 0 Å². The van der Waals surface area contributed by atoms with Crippen LogP contribution in [-0.2, 0) is 10.2 Å². The molecule has 1 saturated heterocycles. The lowest BCUT2D eigenvalue weighted by Gasteiger charge is -2.36. The van der Waals surface area contributed by atoms with E-state index in [4.69, 9.17) is 0 Å². The van der Waals surface area contributed by atoms with Crippen LogP contribution >= 0.6 is 0 Å². The molecule has 5 nitrogen and oxygen atoms in total. The molecule has 29 heavy (non-hydrogen) atoms. The van der Waals surface area contributed by atoms with Crippen LogP contribution in [0.25, 0.3) is 0 Å². The second-order valence-electron chi connectivity index (χ2n) is 8.58. The van der Waals surface area contributed by atoms with Crippen LogP contribution < -0.4 is 10.3 Å². The van der Waals surface area contributed by atoms with Crippen LogP contribution in [0.3, 0.4) is 0 Å². The quantitative estimate of drug-likeness (QED) is 0.603. The molecule has 1 fully saturated rings. The smallest absolute Gasteiger partial charge is 0.241 e. The summed E-state index contributed by atoms with van der Waals surface area (Å²) in [7, 11) is 0. The van der Waals surface area contributed by atoms with Crippen molar-refractivity contribution in [3.8, 4) is 0 Å². The molecule has 154 valence electrons. The van der Waals surface area contributed by atoms with Gasteiger partial charge in [0.05, 0.1) is 6.21 Å². The van der Waals surface area contributed by atoms with Gasteiger partial charge in [0.25, 0.3) is 0 Å². The van der Waals surface area contributed by atoms with Gasteiger partial charge in [-0.3, -0.25) is 9.69 Å². The minimum Gasteiger partial charge on any atom is -0.369 e. The Hall–Kier alpha value is -2.66. The Morgan fingerprint density at radius 3 is 2.28 bits per heavy atom. The topological polar surface area (TPSA) is 47.9 Å². The van der Waals surface area contributed by atoms with Crippen LogP contribution in [0, 0.1) is 0 Å². The van der Waals surface area contributed by atoms with Gasteiger partial charge in [-0.05, 0) is 28.7 Å². The molecule has 5 heteroatoms. The van der Waals surface area contributed by atoms with Crippen molar-refractivity contribution in [3.63, 3.8) is 0 Å². The summed E-state index contributed by atoms with van der Waals surface area (Å²) in [6.07, 6.45) is 2.16. The number of piperazine rings is 1. The monoisotopic (exact) mass is 392 g/mol. The summed E-state index contributed by atoms with van der Waals surface area (Å²) in [6, 6.07) is 18.8. The highest BCUT2D eigenvalue weighted by Gasteiger charge is 2.17. The zero-order valence-corrected chi connectivity index (χ0v) is 17.8. The number of hydrogen-bond donors (Lipinski definition) is 1. The minimum atomic E-state index is -0.0435. The Balaban J connectivity index is 1.37. The Morgan fingerprint density at radius 2 is 1.66 bits per heavy atom. The number of amides is 1. The van der Waals surface area contributed by atoms with Gasteiger partial charge < -0.3 is 4.90 Å². The third-order valence-corrected chi connectivity index (χ3v) is 5.33. The first-order chi connectivity index (χ1) is 13.9. The molecule has 0 aromatic heterocycles. The molecule has 0 atom stereocenters. The fourth-order valence-corrected chi connectivity index (χ4v) is 3.43. The zero-order chi connectivity index (χ0) is 20.7. The van der Waals surface area contributed by atoms with Crippen molar-refractivity contribution in [1.82, 2.24) is 10.3 Å². The molecule has 1 aliphatic rings. The van der Waals surface area contributed by atoms with Gasteiger partial charge in [-0.15, -0.1) is 0 Å². The molecular weight excluding hydrogens is 360 g/mol. The van der Waals surface area contributed by atoms with E-state index in [0.29, 0.717) is 6.42 Å². The second-order valence-corrected chi connectivity index (χ2v) is 8.58. The van der Waals surface area contributed by atoms with E-state index in [-0.39, 0.29) is 11.3 Å². The van der Waals surface area contributed by atoms with Crippen molar-refractivity contribution in [1.29, 1.82) is 0 Å². The van der Waals surface area contributed by atoms with Gasteiger partial charge in [-0.25, -0.2) is 5.43 Å². The van der Waals surface area contributed by atoms with E-state index in [1.54, 1.807) is 6.21 Å². The van der Waals surface area contributed by atoms with Gasteiger partial charge >= 0.3 is 0 Å². The largest absolute Gasteiger partial charge is 0.369 e. The number of para-hydroxylation sites is 1. The van der Waals surface area contributed by atoms with Gasteiger partial charge in [-0.2, -0.15) is 5.10 Å². The fraction of sp³-hybridized carbons (Fsp3) is 0.417. The summed E-state index contributed by atoms with van der Waals surface area (Å²) < 4.78 is 0. The van der Waals surface area contributed by atoms with Crippen molar-refractivity contribution < 1.29 is 4.79 Å². The minimum absolute atomic E-state index is 0.0435. The molecule has 3 rings (SSSR count). The lowest BCUT2D eigenvalue weighted by atomic mass is 9.87. The molecule has 1 amide bonds. The summed E-state index contributed by atoms with van der Waals surface area (Å²) >= 11 is 0. The van der Waals surface area contributed by atoms with Crippen LogP contribution in [0.4, 0.5) is 5.69 Å². The lowest BCUT2D eigenvalue weighted by Crippen LogP contribution is -2.47. The van der Waals surface area contributed by atoms with Crippen molar-refractivity contribution in [2.24, 2.45) is 5.10 Å². The maximum absolute atomic E-state index is 12.1. The maximum atomic E-state index is 12.1. The third kappa shape index (κ3) is 6.43. The molecule has 0 aliphatic carbocycles. The maximum Gasteiger partial charge on any atom is 0.241 e. The summed E-state index contributed by atoms with van der Waals surface area (Å²) in [5, 5.41) is 4.10. The first-order valence-corrected chi connectivity index (χ1v) is 10.4. The standard InChI is InChI=1S/C24H32N4O/c1-24(2,3)21-11-9-20(10-12-21)19-25-26-23(29)13-14-27-15-17-28(18-16-27)22-7-5-4-6-8-22/h4-12,19H,13-18H2,1-3H3,(H,26,29)/b25-19+. The Labute approximate surface area is 174 Å². The predicted octanol–water partition coefficient (Wildman–Crippen LogP) is 3.65. The number of hydrazone groups is 1. The van der Waals surface area contributed by atoms with Crippen LogP contribution in [0.15, 0.2) is 59.7 Å². The summed E-state index contributed by atoms with van der Waals surface area (Å²) in [5.41, 5.74) is 6.32. The molecular formula is C24H32N4O. The van der Waals surface area contributed by atoms with Crippen molar-refractivity contribution >= 4 is 17.8 Å². The Morgan fingerprint density at radius 1 is 1.00 bits per heavy atom. The number of rotatable bonds is 6. The SMILES string of the molecule is CC(C)(C)c1ccc(/C=N/NC(=O)CCN2CCN(c3ccccc3)CC2)cc1. The average Bonchev–Trinajstić information content (AvgIpc) is 2.73. The summed E-state index contributed by atoms with van der Waals surface area (Å²) in [5.74, 6) is -0.0435. The molecule has 0 saturated carbocycles. The number of carbonyl (C=O) groups is 1. The van der Waals surface area contributed by atoms with E-state index in [1.807, 2.05) is 18.2 Å². The van der Waals surface area contributed by atoms with Crippen molar-refractivity contribution in [3.05, 3.63) is 65.7 Å². The molecule has 1 heterocycles.